The average Bonchev–Trinajstić information content (AvgIpc) is 3.86. The highest BCUT2D eigenvalue weighted by Gasteiger charge is 2.68. The summed E-state index contributed by atoms with van der Waals surface area (Å²) in [7, 11) is -2.87. The van der Waals surface area contributed by atoms with Gasteiger partial charge in [-0.25, -0.2) is 22.7 Å². The molecule has 0 spiro atoms. The Morgan fingerprint density at radius 2 is 1.61 bits per heavy atom. The number of ether oxygens (including phenoxy) is 1. The second kappa shape index (κ2) is 25.6. The highest BCUT2D eigenvalue weighted by atomic mass is 35.5. The van der Waals surface area contributed by atoms with E-state index in [1.165, 1.54) is 30.5 Å². The molecular formula is C48H53ClF10N9O9PS2. The number of aliphatic carboxylic acids is 1. The number of halogens is 11. The molecular weight excluding hydrogens is 1170 g/mol. The molecule has 4 amide bonds. The predicted molar refractivity (Wildman–Crippen MR) is 277 cm³/mol. The van der Waals surface area contributed by atoms with E-state index in [9.17, 15) is 59.4 Å². The summed E-state index contributed by atoms with van der Waals surface area (Å²) in [6.45, 7) is 2.97. The molecule has 2 aromatic carbocycles. The minimum absolute atomic E-state index is 0.0880. The number of carboxylic acid groups (broad SMARTS) is 1. The molecule has 0 saturated heterocycles. The van der Waals surface area contributed by atoms with E-state index >= 15 is 8.78 Å². The van der Waals surface area contributed by atoms with Crippen LogP contribution in [0, 0.1) is 17.6 Å². The predicted octanol–water partition coefficient (Wildman–Crippen LogP) is 10.7. The summed E-state index contributed by atoms with van der Waals surface area (Å²) in [6.07, 6.45) is -9.18. The number of pyridine rings is 1. The molecule has 3 atom stereocenters. The number of anilines is 1. The molecule has 0 radical (unpaired) electrons. The average molecular weight is 1220 g/mol. The zero-order valence-corrected chi connectivity index (χ0v) is 46.5. The van der Waals surface area contributed by atoms with E-state index in [0.717, 1.165) is 21.3 Å². The second-order valence-corrected chi connectivity index (χ2v) is 22.5. The molecule has 3 aromatic heterocycles. The van der Waals surface area contributed by atoms with E-state index in [4.69, 9.17) is 21.4 Å². The lowest BCUT2D eigenvalue weighted by Gasteiger charge is -2.28. The molecule has 1 fully saturated rings. The van der Waals surface area contributed by atoms with Gasteiger partial charge in [-0.05, 0) is 73.2 Å². The van der Waals surface area contributed by atoms with Crippen LogP contribution in [0.5, 0.6) is 0 Å². The number of thioether (sulfide) groups is 1. The van der Waals surface area contributed by atoms with Gasteiger partial charge in [-0.1, -0.05) is 51.4 Å². The summed E-state index contributed by atoms with van der Waals surface area (Å²) >= 11 is 9.25. The lowest BCUT2D eigenvalue weighted by Crippen LogP contribution is -2.45. The number of rotatable bonds is 20. The zero-order valence-electron chi connectivity index (χ0n) is 43.2. The Morgan fingerprint density at radius 1 is 0.963 bits per heavy atom. The van der Waals surface area contributed by atoms with Gasteiger partial charge in [0.25, 0.3) is 5.92 Å². The van der Waals surface area contributed by atoms with Crippen molar-refractivity contribution in [3.8, 4) is 11.1 Å². The van der Waals surface area contributed by atoms with Crippen LogP contribution in [0.1, 0.15) is 86.4 Å². The fourth-order valence-corrected chi connectivity index (χ4v) is 9.61. The van der Waals surface area contributed by atoms with Gasteiger partial charge in [0.2, 0.25) is 12.7 Å². The number of alkyl carbamates (subject to hydrolysis) is 1. The molecule has 5 aromatic rings. The first-order valence-electron chi connectivity index (χ1n) is 24.0. The number of aryl methyl sites for hydroxylation is 1. The van der Waals surface area contributed by atoms with Crippen molar-refractivity contribution in [2.24, 2.45) is 5.92 Å². The number of urea groups is 1. The third-order valence-electron chi connectivity index (χ3n) is 12.3. The molecule has 0 aliphatic heterocycles. The van der Waals surface area contributed by atoms with E-state index in [-0.39, 0.29) is 56.0 Å². The summed E-state index contributed by atoms with van der Waals surface area (Å²) in [5.74, 6) is -11.6. The van der Waals surface area contributed by atoms with E-state index in [0.29, 0.717) is 27.4 Å². The van der Waals surface area contributed by atoms with Gasteiger partial charge < -0.3 is 35.2 Å². The van der Waals surface area contributed by atoms with Gasteiger partial charge >= 0.3 is 39.0 Å². The van der Waals surface area contributed by atoms with E-state index < -0.39 is 161 Å². The zero-order chi connectivity index (χ0) is 59.4. The summed E-state index contributed by atoms with van der Waals surface area (Å²) in [6, 6.07) is 4.96. The van der Waals surface area contributed by atoms with Gasteiger partial charge in [0.15, 0.2) is 11.5 Å². The largest absolute Gasteiger partial charge is 0.481 e. The Hall–Kier alpha value is -5.65. The maximum Gasteiger partial charge on any atom is 0.435 e. The van der Waals surface area contributed by atoms with Crippen molar-refractivity contribution in [1.29, 1.82) is 0 Å². The van der Waals surface area contributed by atoms with Crippen LogP contribution in [0.2, 0.25) is 5.02 Å². The smallest absolute Gasteiger partial charge is 0.435 e. The third kappa shape index (κ3) is 15.7. The molecule has 32 heteroatoms. The molecule has 2 aliphatic carbocycles. The van der Waals surface area contributed by atoms with Gasteiger partial charge in [0, 0.05) is 65.0 Å². The maximum absolute atomic E-state index is 15.5. The Balaban J connectivity index is 0.00000163. The fourth-order valence-electron chi connectivity index (χ4n) is 8.65. The van der Waals surface area contributed by atoms with Crippen LogP contribution >= 0.6 is 43.9 Å². The number of carbonyl (C=O) groups excluding carboxylic acids is 3. The number of carbonyl (C=O) groups is 4. The monoisotopic (exact) mass is 1220 g/mol. The van der Waals surface area contributed by atoms with Crippen LogP contribution in [-0.2, 0) is 56.9 Å². The number of alkyl halides is 8. The lowest BCUT2D eigenvalue weighted by molar-refractivity contribution is -0.143. The normalized spacial score (nSPS) is 15.9. The van der Waals surface area contributed by atoms with E-state index in [2.05, 4.69) is 62.1 Å². The van der Waals surface area contributed by atoms with Gasteiger partial charge in [-0.3, -0.25) is 28.5 Å². The van der Waals surface area contributed by atoms with Gasteiger partial charge in [0.1, 0.15) is 30.4 Å². The van der Waals surface area contributed by atoms with Crippen molar-refractivity contribution < 1.29 is 87.2 Å². The lowest BCUT2D eigenvalue weighted by atomic mass is 9.93. The number of nitrogens with zero attached hydrogens (tertiary/aromatic N) is 7. The minimum atomic E-state index is -5.18. The van der Waals surface area contributed by atoms with Gasteiger partial charge in [-0.2, -0.15) is 57.1 Å². The van der Waals surface area contributed by atoms with Crippen LogP contribution in [0.15, 0.2) is 42.5 Å². The van der Waals surface area contributed by atoms with Crippen LogP contribution in [0.4, 0.5) is 59.3 Å². The number of benzene rings is 2. The van der Waals surface area contributed by atoms with Gasteiger partial charge in [-0.15, -0.1) is 0 Å². The van der Waals surface area contributed by atoms with Crippen molar-refractivity contribution in [2.45, 2.75) is 101 Å². The number of hydrogen-bond donors (Lipinski definition) is 5. The maximum atomic E-state index is 15.5. The number of aromatic nitrogens is 5. The number of amides is 4. The Morgan fingerprint density at radius 3 is 2.19 bits per heavy atom. The van der Waals surface area contributed by atoms with Crippen LogP contribution < -0.4 is 14.9 Å². The number of carboxylic acids is 1. The SMILES string of the molecule is CCc1ccc(-c2ccc(Cl)c3c(N(SC)C(=O)N(CCNC(=O)OCOP(O)O)CCC(=O)O)nn(CC(F)(F)F)c23)c(C(Cc2cc(F)cc(F)c2)NC(=O)Cn2nc(C(F)(F)F)c3c2C(F)(F)[C@@H]2C[C@H]32)n1.CSC(C)(C)C. The van der Waals surface area contributed by atoms with E-state index in [1.54, 1.807) is 6.92 Å². The summed E-state index contributed by atoms with van der Waals surface area (Å²) in [5, 5.41) is 21.3. The quantitative estimate of drug-likeness (QED) is 0.0212. The summed E-state index contributed by atoms with van der Waals surface area (Å²) in [5.41, 5.74) is -4.12. The van der Waals surface area contributed by atoms with Gasteiger partial charge in [0.05, 0.1) is 34.1 Å². The van der Waals surface area contributed by atoms with Crippen LogP contribution in [0.25, 0.3) is 22.0 Å². The number of fused-ring (bicyclic) bond motifs is 4. The Labute approximate surface area is 465 Å². The molecule has 1 saturated carbocycles. The van der Waals surface area contributed by atoms with Crippen LogP contribution in [0.3, 0.4) is 0 Å². The molecule has 7 rings (SSSR count). The molecule has 3 heterocycles. The van der Waals surface area contributed by atoms with E-state index in [1.807, 2.05) is 11.8 Å². The molecule has 0 bridgehead atoms. The first kappa shape index (κ1) is 63.5. The first-order valence-corrected chi connectivity index (χ1v) is 27.9. The summed E-state index contributed by atoms with van der Waals surface area (Å²) < 4.78 is 158. The molecule has 438 valence electrons. The minimum Gasteiger partial charge on any atom is -0.481 e. The van der Waals surface area contributed by atoms with Crippen molar-refractivity contribution in [3.63, 3.8) is 0 Å². The topological polar surface area (TPSA) is 226 Å². The molecule has 80 heavy (non-hydrogen) atoms. The van der Waals surface area contributed by atoms with Crippen molar-refractivity contribution in [2.75, 3.05) is 43.2 Å². The first-order chi connectivity index (χ1) is 37.3. The second-order valence-electron chi connectivity index (χ2n) is 19.0. The number of hydrogen-bond acceptors (Lipinski definition) is 13. The Kier molecular flexibility index (Phi) is 20.4. The molecule has 2 aliphatic rings. The number of nitrogens with one attached hydrogen (secondary N) is 2. The highest BCUT2D eigenvalue weighted by molar-refractivity contribution is 8.00. The molecule has 5 N–H and O–H groups in total. The van der Waals surface area contributed by atoms with Crippen molar-refractivity contribution >= 4 is 84.6 Å². The van der Waals surface area contributed by atoms with Crippen LogP contribution in [-0.4, -0.2) is 118 Å². The Bertz CT molecular complexity index is 3070. The molecule has 18 nitrogen and oxygen atoms in total. The fraction of sp³-hybridized carbons (Fsp3) is 0.479. The third-order valence-corrected chi connectivity index (χ3v) is 14.9. The van der Waals surface area contributed by atoms with Crippen molar-refractivity contribution in [3.05, 3.63) is 93.0 Å². The standard InChI is InChI=1S/C43H41ClF10N9O9PS.C5H12S/c1-3-23-4-5-24(34(56-23)29(14-20-12-21(45)15-22(46)13-20)57-30(64)17-61-37-32(36(58-61)43(52,53)54)26-16-27(26)42(37,50)51)25-6-7-28(44)33-35(25)62(18-41(47,48)49)59-38(33)63(74-2)40(68)60(10-8-31(65)66)11-9-55-39(67)71-19-72-73(69)70;1-5(2,3)6-4/h4-7,12-13,15,26-27,29,69-70H,3,8-11,14,16-19H2,1-2H3,(H,55,67)(H,57,64)(H,65,66);1-4H3/t26-,27+,29?;/m0./s1. The summed E-state index contributed by atoms with van der Waals surface area (Å²) in [4.78, 5) is 75.5. The molecule has 1 unspecified atom stereocenters. The highest BCUT2D eigenvalue weighted by Crippen LogP contribution is 2.68. The van der Waals surface area contributed by atoms with Crippen molar-refractivity contribution in [1.82, 2.24) is 40.1 Å².